The first-order chi connectivity index (χ1) is 18.6. The van der Waals surface area contributed by atoms with Crippen molar-refractivity contribution in [2.75, 3.05) is 24.4 Å². The molecule has 2 atom stereocenters. The van der Waals surface area contributed by atoms with Gasteiger partial charge >= 0.3 is 12.1 Å². The maximum atomic E-state index is 14.2. The van der Waals surface area contributed by atoms with Crippen LogP contribution in [0.15, 0.2) is 24.3 Å². The number of rotatable bonds is 6. The zero-order chi connectivity index (χ0) is 27.9. The highest BCUT2D eigenvalue weighted by atomic mass is 35.5. The molecule has 39 heavy (non-hydrogen) atoms. The summed E-state index contributed by atoms with van der Waals surface area (Å²) in [6.45, 7) is 1.85. The van der Waals surface area contributed by atoms with Crippen LogP contribution in [0, 0.1) is 0 Å². The first-order valence-electron chi connectivity index (χ1n) is 12.5. The number of nitrogens with zero attached hydrogens (tertiary/aromatic N) is 2. The number of methoxy groups -OCH3 is 1. The van der Waals surface area contributed by atoms with Gasteiger partial charge in [0.1, 0.15) is 21.6 Å². The van der Waals surface area contributed by atoms with Gasteiger partial charge in [-0.25, -0.2) is 9.48 Å². The molecule has 1 aliphatic carbocycles. The Morgan fingerprint density at radius 2 is 1.95 bits per heavy atom. The number of alkyl halides is 3. The zero-order valence-corrected chi connectivity index (χ0v) is 22.7. The molecule has 1 amide bonds. The van der Waals surface area contributed by atoms with E-state index in [1.54, 1.807) is 31.2 Å². The minimum atomic E-state index is -4.64. The van der Waals surface area contributed by atoms with E-state index in [4.69, 9.17) is 21.1 Å². The number of aryl methyl sites for hydroxylation is 1. The summed E-state index contributed by atoms with van der Waals surface area (Å²) in [5.74, 6) is -0.896. The lowest BCUT2D eigenvalue weighted by Gasteiger charge is -2.33. The predicted octanol–water partition coefficient (Wildman–Crippen LogP) is 6.57. The van der Waals surface area contributed by atoms with E-state index in [0.717, 1.165) is 34.4 Å². The minimum absolute atomic E-state index is 0.104. The van der Waals surface area contributed by atoms with Crippen LogP contribution in [-0.4, -0.2) is 41.5 Å². The SMILES string of the molecule is CCOC(=O)c1c(NC(=O)c2nn3c(c2Cl)N[C@H](c2ccc(OC)cc2)C[C@H]3C(F)(F)F)sc2c1CCCC2. The standard InChI is InChI=1S/C26H26ClF3N4O4S/c1-3-38-25(36)19-15-6-4-5-7-17(15)39-24(19)32-23(35)21-20(27)22-31-16(13-8-10-14(37-2)11-9-13)12-18(26(28,29)30)34(22)33-21/h8-11,16,18,31H,3-7,12H2,1-2H3,(H,32,35)/t16-,18-/m0/s1. The van der Waals surface area contributed by atoms with Crippen molar-refractivity contribution in [2.45, 2.75) is 57.3 Å². The number of ether oxygens (including phenoxy) is 2. The molecule has 0 saturated carbocycles. The monoisotopic (exact) mass is 582 g/mol. The molecule has 2 aromatic heterocycles. The van der Waals surface area contributed by atoms with E-state index in [2.05, 4.69) is 15.7 Å². The average Bonchev–Trinajstić information content (AvgIpc) is 3.45. The summed E-state index contributed by atoms with van der Waals surface area (Å²) < 4.78 is 53.6. The molecule has 2 aliphatic rings. The highest BCUT2D eigenvalue weighted by molar-refractivity contribution is 7.17. The van der Waals surface area contributed by atoms with Gasteiger partial charge in [0.05, 0.1) is 25.3 Å². The second kappa shape index (κ2) is 10.7. The van der Waals surface area contributed by atoms with Crippen LogP contribution in [0.2, 0.25) is 5.02 Å². The second-order valence-electron chi connectivity index (χ2n) is 9.31. The quantitative estimate of drug-likeness (QED) is 0.319. The van der Waals surface area contributed by atoms with Gasteiger partial charge < -0.3 is 20.1 Å². The Balaban J connectivity index is 1.48. The van der Waals surface area contributed by atoms with Crippen molar-refractivity contribution in [3.05, 3.63) is 56.5 Å². The molecule has 3 aromatic rings. The van der Waals surface area contributed by atoms with Crippen LogP contribution < -0.4 is 15.4 Å². The lowest BCUT2D eigenvalue weighted by atomic mass is 9.95. The summed E-state index contributed by atoms with van der Waals surface area (Å²) in [6.07, 6.45) is -1.68. The number of thiophene rings is 1. The summed E-state index contributed by atoms with van der Waals surface area (Å²) in [7, 11) is 1.50. The molecule has 0 radical (unpaired) electrons. The molecule has 0 fully saturated rings. The number of aromatic nitrogens is 2. The molecule has 1 aliphatic heterocycles. The normalized spacial score (nSPS) is 18.5. The Hall–Kier alpha value is -3.25. The van der Waals surface area contributed by atoms with Gasteiger partial charge in [0.2, 0.25) is 0 Å². The third-order valence-electron chi connectivity index (χ3n) is 6.91. The second-order valence-corrected chi connectivity index (χ2v) is 10.8. The van der Waals surface area contributed by atoms with E-state index in [9.17, 15) is 22.8 Å². The van der Waals surface area contributed by atoms with E-state index in [1.165, 1.54) is 18.4 Å². The molecule has 3 heterocycles. The molecule has 1 aromatic carbocycles. The van der Waals surface area contributed by atoms with Crippen LogP contribution in [0.25, 0.3) is 0 Å². The van der Waals surface area contributed by atoms with Crippen LogP contribution in [0.4, 0.5) is 24.0 Å². The topological polar surface area (TPSA) is 94.5 Å². The Kier molecular flexibility index (Phi) is 7.51. The molecule has 0 saturated heterocycles. The first-order valence-corrected chi connectivity index (χ1v) is 13.7. The van der Waals surface area contributed by atoms with Crippen LogP contribution in [0.1, 0.15) is 75.1 Å². The van der Waals surface area contributed by atoms with E-state index in [1.807, 2.05) is 0 Å². The highest BCUT2D eigenvalue weighted by Crippen LogP contribution is 2.47. The number of fused-ring (bicyclic) bond motifs is 2. The van der Waals surface area contributed by atoms with Crippen LogP contribution in [0.3, 0.4) is 0 Å². The fraction of sp³-hybridized carbons (Fsp3) is 0.423. The van der Waals surface area contributed by atoms with E-state index in [0.29, 0.717) is 17.7 Å². The van der Waals surface area contributed by atoms with Gasteiger partial charge in [-0.3, -0.25) is 4.79 Å². The van der Waals surface area contributed by atoms with Gasteiger partial charge in [0.25, 0.3) is 5.91 Å². The number of carbonyl (C=O) groups excluding carboxylic acids is 2. The average molecular weight is 583 g/mol. The molecule has 5 rings (SSSR count). The van der Waals surface area contributed by atoms with Gasteiger partial charge in [-0.05, 0) is 55.9 Å². The van der Waals surface area contributed by atoms with Gasteiger partial charge in [0, 0.05) is 11.3 Å². The Bertz CT molecular complexity index is 1400. The summed E-state index contributed by atoms with van der Waals surface area (Å²) in [5.41, 5.74) is 1.36. The predicted molar refractivity (Wildman–Crippen MR) is 141 cm³/mol. The number of benzene rings is 1. The molecule has 0 unspecified atom stereocenters. The third kappa shape index (κ3) is 5.19. The van der Waals surface area contributed by atoms with Gasteiger partial charge in [-0.15, -0.1) is 11.3 Å². The third-order valence-corrected chi connectivity index (χ3v) is 8.47. The lowest BCUT2D eigenvalue weighted by molar-refractivity contribution is -0.173. The van der Waals surface area contributed by atoms with Gasteiger partial charge in [-0.2, -0.15) is 18.3 Å². The Morgan fingerprint density at radius 1 is 1.23 bits per heavy atom. The van der Waals surface area contributed by atoms with Gasteiger partial charge in [-0.1, -0.05) is 23.7 Å². The number of hydrogen-bond donors (Lipinski definition) is 2. The molecule has 2 N–H and O–H groups in total. The van der Waals surface area contributed by atoms with Crippen LogP contribution in [-0.2, 0) is 17.6 Å². The summed E-state index contributed by atoms with van der Waals surface area (Å²) in [5, 5.41) is 9.75. The summed E-state index contributed by atoms with van der Waals surface area (Å²) >= 11 is 7.76. The van der Waals surface area contributed by atoms with Crippen LogP contribution in [0.5, 0.6) is 5.75 Å². The Labute approximate surface area is 231 Å². The first kappa shape index (κ1) is 27.3. The highest BCUT2D eigenvalue weighted by Gasteiger charge is 2.48. The zero-order valence-electron chi connectivity index (χ0n) is 21.2. The number of carbonyl (C=O) groups is 2. The number of esters is 1. The molecular weight excluding hydrogens is 557 g/mol. The van der Waals surface area contributed by atoms with Crippen LogP contribution >= 0.6 is 22.9 Å². The van der Waals surface area contributed by atoms with Crippen molar-refractivity contribution in [2.24, 2.45) is 0 Å². The number of anilines is 2. The summed E-state index contributed by atoms with van der Waals surface area (Å²) in [4.78, 5) is 27.1. The maximum Gasteiger partial charge on any atom is 0.410 e. The number of hydrogen-bond acceptors (Lipinski definition) is 7. The molecule has 8 nitrogen and oxygen atoms in total. The van der Waals surface area contributed by atoms with Crippen molar-refractivity contribution in [1.29, 1.82) is 0 Å². The van der Waals surface area contributed by atoms with Crippen molar-refractivity contribution < 1.29 is 32.2 Å². The largest absolute Gasteiger partial charge is 0.497 e. The Morgan fingerprint density at radius 3 is 2.62 bits per heavy atom. The van der Waals surface area contributed by atoms with Gasteiger partial charge in [0.15, 0.2) is 11.7 Å². The van der Waals surface area contributed by atoms with Crippen molar-refractivity contribution in [3.8, 4) is 5.75 Å². The fourth-order valence-electron chi connectivity index (χ4n) is 5.02. The molecular formula is C26H26ClF3N4O4S. The van der Waals surface area contributed by atoms with Crippen molar-refractivity contribution in [3.63, 3.8) is 0 Å². The van der Waals surface area contributed by atoms with E-state index < -0.39 is 30.1 Å². The van der Waals surface area contributed by atoms with Crippen molar-refractivity contribution in [1.82, 2.24) is 9.78 Å². The number of halogens is 4. The fourth-order valence-corrected chi connectivity index (χ4v) is 6.56. The molecule has 0 bridgehead atoms. The minimum Gasteiger partial charge on any atom is -0.497 e. The van der Waals surface area contributed by atoms with Crippen molar-refractivity contribution >= 4 is 45.6 Å². The number of amides is 1. The smallest absolute Gasteiger partial charge is 0.410 e. The van der Waals surface area contributed by atoms with E-state index in [-0.39, 0.29) is 40.1 Å². The lowest BCUT2D eigenvalue weighted by Crippen LogP contribution is -2.35. The number of nitrogens with one attached hydrogen (secondary N) is 2. The molecule has 13 heteroatoms. The summed E-state index contributed by atoms with van der Waals surface area (Å²) in [6, 6.07) is 3.92. The molecule has 208 valence electrons. The maximum absolute atomic E-state index is 14.2. The van der Waals surface area contributed by atoms with E-state index >= 15 is 0 Å². The molecule has 0 spiro atoms.